The number of anilines is 1. The molecule has 0 aliphatic heterocycles. The van der Waals surface area contributed by atoms with Crippen LogP contribution in [0.15, 0.2) is 36.4 Å². The van der Waals surface area contributed by atoms with E-state index in [2.05, 4.69) is 0 Å². The first-order valence-electron chi connectivity index (χ1n) is 4.58. The van der Waals surface area contributed by atoms with Gasteiger partial charge in [0.25, 0.3) is 0 Å². The molecule has 0 unspecified atom stereocenters. The van der Waals surface area contributed by atoms with Gasteiger partial charge in [0.15, 0.2) is 0 Å². The fraction of sp³-hybridized carbons (Fsp3) is 0. The molecule has 2 aromatic carbocycles. The van der Waals surface area contributed by atoms with E-state index in [0.29, 0.717) is 11.6 Å². The topological polar surface area (TPSA) is 26.0 Å². The van der Waals surface area contributed by atoms with Gasteiger partial charge in [0.1, 0.15) is 17.5 Å². The maximum absolute atomic E-state index is 13.2. The molecule has 2 aromatic rings. The average Bonchev–Trinajstić information content (AvgIpc) is 2.25. The molecular weight excluding hydrogens is 215 g/mol. The van der Waals surface area contributed by atoms with Crippen molar-refractivity contribution in [2.24, 2.45) is 0 Å². The number of hydrogen-bond donors (Lipinski definition) is 1. The van der Waals surface area contributed by atoms with Crippen LogP contribution in [0.25, 0.3) is 11.1 Å². The van der Waals surface area contributed by atoms with E-state index in [4.69, 9.17) is 5.73 Å². The van der Waals surface area contributed by atoms with Gasteiger partial charge in [0, 0.05) is 11.6 Å². The van der Waals surface area contributed by atoms with E-state index in [1.807, 2.05) is 0 Å². The van der Waals surface area contributed by atoms with E-state index in [1.54, 1.807) is 0 Å². The molecule has 82 valence electrons. The molecule has 0 aromatic heterocycles. The van der Waals surface area contributed by atoms with Gasteiger partial charge in [0.2, 0.25) is 0 Å². The molecule has 1 nitrogen and oxygen atoms in total. The molecule has 0 bridgehead atoms. The van der Waals surface area contributed by atoms with E-state index >= 15 is 0 Å². The van der Waals surface area contributed by atoms with Crippen molar-refractivity contribution in [1.29, 1.82) is 0 Å². The highest BCUT2D eigenvalue weighted by atomic mass is 19.1. The minimum Gasteiger partial charge on any atom is -0.396 e. The molecule has 0 radical (unpaired) electrons. The molecule has 0 aliphatic carbocycles. The first kappa shape index (κ1) is 10.5. The Bertz CT molecular complexity index is 521. The van der Waals surface area contributed by atoms with Crippen molar-refractivity contribution < 1.29 is 13.2 Å². The lowest BCUT2D eigenvalue weighted by molar-refractivity contribution is 0.587. The van der Waals surface area contributed by atoms with Gasteiger partial charge in [-0.25, -0.2) is 13.2 Å². The molecule has 0 saturated heterocycles. The lowest BCUT2D eigenvalue weighted by atomic mass is 10.0. The zero-order valence-corrected chi connectivity index (χ0v) is 8.18. The molecular formula is C12H8F3N. The summed E-state index contributed by atoms with van der Waals surface area (Å²) in [5.74, 6) is -1.95. The quantitative estimate of drug-likeness (QED) is 0.737. The summed E-state index contributed by atoms with van der Waals surface area (Å²) in [5.41, 5.74) is 6.03. The fourth-order valence-electron chi connectivity index (χ4n) is 1.45. The maximum Gasteiger partial charge on any atom is 0.149 e. The Balaban J connectivity index is 2.59. The van der Waals surface area contributed by atoms with Gasteiger partial charge in [-0.1, -0.05) is 12.1 Å². The van der Waals surface area contributed by atoms with Crippen LogP contribution in [0.1, 0.15) is 0 Å². The average molecular weight is 223 g/mol. The normalized spacial score (nSPS) is 10.4. The molecule has 4 heteroatoms. The van der Waals surface area contributed by atoms with Crippen LogP contribution in [-0.4, -0.2) is 0 Å². The third-order valence-electron chi connectivity index (χ3n) is 2.25. The SMILES string of the molecule is Nc1c(F)cc(F)cc1-c1ccc(F)cc1. The van der Waals surface area contributed by atoms with Gasteiger partial charge in [-0.05, 0) is 23.8 Å². The van der Waals surface area contributed by atoms with Crippen molar-refractivity contribution in [2.75, 3.05) is 5.73 Å². The Kier molecular flexibility index (Phi) is 2.56. The first-order chi connectivity index (χ1) is 7.58. The number of rotatable bonds is 1. The van der Waals surface area contributed by atoms with Crippen LogP contribution in [0, 0.1) is 17.5 Å². The van der Waals surface area contributed by atoms with E-state index < -0.39 is 17.5 Å². The molecule has 16 heavy (non-hydrogen) atoms. The molecule has 2 N–H and O–H groups in total. The van der Waals surface area contributed by atoms with Gasteiger partial charge < -0.3 is 5.73 Å². The van der Waals surface area contributed by atoms with Crippen molar-refractivity contribution in [3.63, 3.8) is 0 Å². The molecule has 0 amide bonds. The second-order valence-electron chi connectivity index (χ2n) is 3.36. The maximum atomic E-state index is 13.2. The highest BCUT2D eigenvalue weighted by molar-refractivity contribution is 5.76. The van der Waals surface area contributed by atoms with E-state index in [0.717, 1.165) is 6.07 Å². The number of benzene rings is 2. The Hall–Kier alpha value is -1.97. The van der Waals surface area contributed by atoms with Crippen LogP contribution in [0.5, 0.6) is 0 Å². The summed E-state index contributed by atoms with van der Waals surface area (Å²) in [5, 5.41) is 0. The summed E-state index contributed by atoms with van der Waals surface area (Å²) in [7, 11) is 0. The Labute approximate surface area is 90.3 Å². The summed E-state index contributed by atoms with van der Waals surface area (Å²) in [6, 6.07) is 7.07. The molecule has 0 fully saturated rings. The zero-order valence-electron chi connectivity index (χ0n) is 8.18. The third-order valence-corrected chi connectivity index (χ3v) is 2.25. The van der Waals surface area contributed by atoms with Crippen LogP contribution < -0.4 is 5.73 Å². The number of hydrogen-bond acceptors (Lipinski definition) is 1. The summed E-state index contributed by atoms with van der Waals surface area (Å²) >= 11 is 0. The number of nitrogens with two attached hydrogens (primary N) is 1. The van der Waals surface area contributed by atoms with Gasteiger partial charge in [-0.3, -0.25) is 0 Å². The molecule has 0 spiro atoms. The molecule has 0 heterocycles. The molecule has 0 atom stereocenters. The van der Waals surface area contributed by atoms with Crippen LogP contribution in [-0.2, 0) is 0 Å². The summed E-state index contributed by atoms with van der Waals surface area (Å²) in [4.78, 5) is 0. The standard InChI is InChI=1S/C12H8F3N/c13-8-3-1-7(2-4-8)10-5-9(14)6-11(15)12(10)16/h1-6H,16H2. The van der Waals surface area contributed by atoms with Crippen molar-refractivity contribution in [1.82, 2.24) is 0 Å². The second-order valence-corrected chi connectivity index (χ2v) is 3.36. The molecule has 2 rings (SSSR count). The van der Waals surface area contributed by atoms with Gasteiger partial charge >= 0.3 is 0 Å². The summed E-state index contributed by atoms with van der Waals surface area (Å²) in [6.07, 6.45) is 0. The predicted molar refractivity (Wildman–Crippen MR) is 56.2 cm³/mol. The zero-order chi connectivity index (χ0) is 11.7. The summed E-state index contributed by atoms with van der Waals surface area (Å²) < 4.78 is 38.9. The van der Waals surface area contributed by atoms with Gasteiger partial charge in [0.05, 0.1) is 5.69 Å². The minimum atomic E-state index is -0.820. The van der Waals surface area contributed by atoms with Crippen molar-refractivity contribution >= 4 is 5.69 Å². The fourth-order valence-corrected chi connectivity index (χ4v) is 1.45. The minimum absolute atomic E-state index is 0.145. The van der Waals surface area contributed by atoms with Crippen LogP contribution in [0.3, 0.4) is 0 Å². The predicted octanol–water partition coefficient (Wildman–Crippen LogP) is 3.35. The summed E-state index contributed by atoms with van der Waals surface area (Å²) in [6.45, 7) is 0. The van der Waals surface area contributed by atoms with E-state index in [-0.39, 0.29) is 11.3 Å². The van der Waals surface area contributed by atoms with Crippen molar-refractivity contribution in [2.45, 2.75) is 0 Å². The van der Waals surface area contributed by atoms with Crippen LogP contribution >= 0.6 is 0 Å². The van der Waals surface area contributed by atoms with Crippen LogP contribution in [0.4, 0.5) is 18.9 Å². The van der Waals surface area contributed by atoms with E-state index in [9.17, 15) is 13.2 Å². The van der Waals surface area contributed by atoms with E-state index in [1.165, 1.54) is 24.3 Å². The number of halogens is 3. The van der Waals surface area contributed by atoms with Gasteiger partial charge in [-0.15, -0.1) is 0 Å². The third kappa shape index (κ3) is 1.86. The van der Waals surface area contributed by atoms with Gasteiger partial charge in [-0.2, -0.15) is 0 Å². The monoisotopic (exact) mass is 223 g/mol. The highest BCUT2D eigenvalue weighted by Crippen LogP contribution is 2.29. The molecule has 0 aliphatic rings. The Morgan fingerprint density at radius 1 is 0.812 bits per heavy atom. The molecule has 0 saturated carbocycles. The highest BCUT2D eigenvalue weighted by Gasteiger charge is 2.09. The van der Waals surface area contributed by atoms with Crippen molar-refractivity contribution in [3.8, 4) is 11.1 Å². The smallest absolute Gasteiger partial charge is 0.149 e. The second kappa shape index (κ2) is 3.89. The Morgan fingerprint density at radius 3 is 2.06 bits per heavy atom. The number of nitrogen functional groups attached to an aromatic ring is 1. The largest absolute Gasteiger partial charge is 0.396 e. The lowest BCUT2D eigenvalue weighted by Crippen LogP contribution is -1.96. The van der Waals surface area contributed by atoms with Crippen LogP contribution in [0.2, 0.25) is 0 Å². The lowest BCUT2D eigenvalue weighted by Gasteiger charge is -2.07. The first-order valence-corrected chi connectivity index (χ1v) is 4.58. The van der Waals surface area contributed by atoms with Crippen molar-refractivity contribution in [3.05, 3.63) is 53.8 Å². The Morgan fingerprint density at radius 2 is 1.44 bits per heavy atom.